The summed E-state index contributed by atoms with van der Waals surface area (Å²) < 4.78 is 20.6. The molecule has 0 aliphatic rings. The minimum atomic E-state index is -4.77. The van der Waals surface area contributed by atoms with Crippen molar-refractivity contribution in [2.75, 3.05) is 6.16 Å². The lowest BCUT2D eigenvalue weighted by Crippen LogP contribution is -2.41. The summed E-state index contributed by atoms with van der Waals surface area (Å²) >= 11 is 0. The Hall–Kier alpha value is -0.270. The van der Waals surface area contributed by atoms with Gasteiger partial charge < -0.3 is 25.3 Å². The molecule has 0 heterocycles. The molecule has 14 heavy (non-hydrogen) atoms. The Kier molecular flexibility index (Phi) is 4.41. The maximum Gasteiger partial charge on any atom is 0.429 e. The first-order chi connectivity index (χ1) is 6.01. The summed E-state index contributed by atoms with van der Waals surface area (Å²) in [6.45, 7) is 0. The van der Waals surface area contributed by atoms with Crippen LogP contribution in [0.3, 0.4) is 0 Å². The molecule has 0 spiro atoms. The summed E-state index contributed by atoms with van der Waals surface area (Å²) in [6.07, 6.45) is -0.973. The molecule has 0 bridgehead atoms. The summed E-state index contributed by atoms with van der Waals surface area (Å²) in [6, 6.07) is -1.66. The van der Waals surface area contributed by atoms with Gasteiger partial charge in [-0.05, 0) is 0 Å². The van der Waals surface area contributed by atoms with Gasteiger partial charge in [-0.3, -0.25) is 14.4 Å². The molecule has 11 heteroatoms. The molecule has 0 aromatic rings. The molecule has 0 aliphatic heterocycles. The molecule has 0 aliphatic carbocycles. The molecule has 0 rings (SSSR count). The molecule has 0 saturated heterocycles. The van der Waals surface area contributed by atoms with E-state index in [9.17, 15) is 13.9 Å². The molecule has 0 radical (unpaired) electrons. The number of carbonyl (C=O) groups excluding carboxylic acids is 1. The third-order valence-electron chi connectivity index (χ3n) is 1.03. The van der Waals surface area contributed by atoms with Crippen molar-refractivity contribution in [2.45, 2.75) is 6.04 Å². The predicted octanol–water partition coefficient (Wildman–Crippen LogP) is -2.30. The van der Waals surface area contributed by atoms with E-state index in [2.05, 4.69) is 0 Å². The van der Waals surface area contributed by atoms with Crippen LogP contribution in [0.15, 0.2) is 0 Å². The first kappa shape index (κ1) is 13.7. The third-order valence-corrected chi connectivity index (χ3v) is 2.41. The number of amides is 1. The second-order valence-corrected chi connectivity index (χ2v) is 5.48. The van der Waals surface area contributed by atoms with Crippen LogP contribution in [0.5, 0.6) is 0 Å². The van der Waals surface area contributed by atoms with E-state index in [0.717, 1.165) is 0 Å². The molecule has 84 valence electrons. The number of hydrogen-bond acceptors (Lipinski definition) is 4. The van der Waals surface area contributed by atoms with Gasteiger partial charge in [0, 0.05) is 0 Å². The number of nitrogens with one attached hydrogen (secondary N) is 1. The van der Waals surface area contributed by atoms with Crippen molar-refractivity contribution in [3.63, 3.8) is 0 Å². The maximum atomic E-state index is 10.8. The second kappa shape index (κ2) is 4.50. The summed E-state index contributed by atoms with van der Waals surface area (Å²) in [5.74, 6) is -1.32. The molecule has 1 atom stereocenters. The zero-order chi connectivity index (χ0) is 11.6. The van der Waals surface area contributed by atoms with Gasteiger partial charge in [0.15, 0.2) is 0 Å². The lowest BCUT2D eigenvalue weighted by molar-refractivity contribution is -0.120. The topological polar surface area (TPSA) is 170 Å². The highest BCUT2D eigenvalue weighted by atomic mass is 31.2. The fourth-order valence-electron chi connectivity index (χ4n) is 0.566. The van der Waals surface area contributed by atoms with Gasteiger partial charge in [0.1, 0.15) is 0 Å². The molecule has 0 aromatic carbocycles. The van der Waals surface area contributed by atoms with Crippen molar-refractivity contribution in [1.29, 1.82) is 0 Å². The Morgan fingerprint density at radius 2 is 1.71 bits per heavy atom. The fraction of sp³-hybridized carbons (Fsp3) is 0.667. The smallest absolute Gasteiger partial charge is 0.324 e. The summed E-state index contributed by atoms with van der Waals surface area (Å²) in [5.41, 5.74) is 4.96. The minimum Gasteiger partial charge on any atom is -0.324 e. The Bertz CT molecular complexity index is 304. The van der Waals surface area contributed by atoms with E-state index in [-0.39, 0.29) is 0 Å². The van der Waals surface area contributed by atoms with Gasteiger partial charge in [-0.15, -0.1) is 0 Å². The predicted molar refractivity (Wildman–Crippen MR) is 45.1 cm³/mol. The highest BCUT2D eigenvalue weighted by Crippen LogP contribution is 2.35. The van der Waals surface area contributed by atoms with Gasteiger partial charge in [0.25, 0.3) is 0 Å². The maximum absolute atomic E-state index is 10.8. The zero-order valence-corrected chi connectivity index (χ0v) is 8.56. The van der Waals surface area contributed by atoms with Gasteiger partial charge in [0.2, 0.25) is 5.91 Å². The Labute approximate surface area is 78.7 Å². The average Bonchev–Trinajstić information content (AvgIpc) is 1.78. The van der Waals surface area contributed by atoms with E-state index in [4.69, 9.17) is 25.3 Å². The molecule has 0 fully saturated rings. The van der Waals surface area contributed by atoms with Crippen LogP contribution in [0, 0.1) is 0 Å². The summed E-state index contributed by atoms with van der Waals surface area (Å²) in [7, 11) is -9.25. The lowest BCUT2D eigenvalue weighted by Gasteiger charge is -2.13. The van der Waals surface area contributed by atoms with Gasteiger partial charge in [-0.1, -0.05) is 0 Å². The van der Waals surface area contributed by atoms with Crippen molar-refractivity contribution in [3.05, 3.63) is 0 Å². The number of nitrogens with two attached hydrogens (primary N) is 1. The van der Waals surface area contributed by atoms with E-state index in [1.807, 2.05) is 0 Å². The molecular formula is C3H10N2O7P2. The van der Waals surface area contributed by atoms with E-state index in [1.165, 1.54) is 5.09 Å². The summed E-state index contributed by atoms with van der Waals surface area (Å²) in [4.78, 5) is 44.1. The second-order valence-electron chi connectivity index (χ2n) is 2.47. The van der Waals surface area contributed by atoms with Crippen LogP contribution in [-0.2, 0) is 13.9 Å². The van der Waals surface area contributed by atoms with Crippen LogP contribution >= 0.6 is 15.3 Å². The van der Waals surface area contributed by atoms with E-state index in [1.54, 1.807) is 0 Å². The van der Waals surface area contributed by atoms with Crippen LogP contribution < -0.4 is 10.8 Å². The van der Waals surface area contributed by atoms with Crippen molar-refractivity contribution in [2.24, 2.45) is 5.73 Å². The largest absolute Gasteiger partial charge is 0.429 e. The standard InChI is InChI=1S/C3H10N2O7P2/c4-2(1-13(7,8)9)3(6)5-14(10,11)12/h2H,1,4H2,(H2,7,8,9)(H3,5,6,10,11,12)/t2-/m0/s1. The van der Waals surface area contributed by atoms with Gasteiger partial charge in [-0.2, -0.15) is 0 Å². The highest BCUT2D eigenvalue weighted by Gasteiger charge is 2.27. The molecule has 0 saturated carbocycles. The van der Waals surface area contributed by atoms with Crippen LogP contribution in [-0.4, -0.2) is 37.7 Å². The first-order valence-electron chi connectivity index (χ1n) is 3.19. The van der Waals surface area contributed by atoms with Crippen molar-refractivity contribution in [3.8, 4) is 0 Å². The van der Waals surface area contributed by atoms with Gasteiger partial charge in [0.05, 0.1) is 12.2 Å². The van der Waals surface area contributed by atoms with Crippen LogP contribution in [0.2, 0.25) is 0 Å². The normalized spacial score (nSPS) is 14.9. The first-order valence-corrected chi connectivity index (χ1v) is 6.60. The molecule has 1 amide bonds. The molecule has 9 nitrogen and oxygen atoms in total. The third kappa shape index (κ3) is 7.16. The quantitative estimate of drug-likeness (QED) is 0.301. The highest BCUT2D eigenvalue weighted by molar-refractivity contribution is 7.52. The van der Waals surface area contributed by atoms with Gasteiger partial charge >= 0.3 is 15.3 Å². The van der Waals surface area contributed by atoms with Crippen molar-refractivity contribution >= 4 is 21.2 Å². The SMILES string of the molecule is N[C@@H](CP(=O)(O)O)C(=O)NP(=O)(O)O. The lowest BCUT2D eigenvalue weighted by atomic mass is 10.3. The fourth-order valence-corrected chi connectivity index (χ4v) is 1.70. The van der Waals surface area contributed by atoms with Crippen molar-refractivity contribution in [1.82, 2.24) is 5.09 Å². The Morgan fingerprint density at radius 1 is 1.29 bits per heavy atom. The monoisotopic (exact) mass is 248 g/mol. The summed E-state index contributed by atoms with van der Waals surface area (Å²) in [5, 5.41) is 1.20. The molecule has 0 aromatic heterocycles. The minimum absolute atomic E-state index is 0.973. The van der Waals surface area contributed by atoms with Crippen LogP contribution in [0.1, 0.15) is 0 Å². The van der Waals surface area contributed by atoms with Crippen LogP contribution in [0.25, 0.3) is 0 Å². The van der Waals surface area contributed by atoms with E-state index in [0.29, 0.717) is 0 Å². The zero-order valence-electron chi connectivity index (χ0n) is 6.77. The van der Waals surface area contributed by atoms with Crippen LogP contribution in [0.4, 0.5) is 0 Å². The Morgan fingerprint density at radius 3 is 2.00 bits per heavy atom. The van der Waals surface area contributed by atoms with E-state index >= 15 is 0 Å². The Balaban J connectivity index is 4.29. The van der Waals surface area contributed by atoms with Crippen molar-refractivity contribution < 1.29 is 33.5 Å². The average molecular weight is 248 g/mol. The number of carbonyl (C=O) groups is 1. The number of rotatable bonds is 4. The molecular weight excluding hydrogens is 238 g/mol. The molecule has 7 N–H and O–H groups in total. The van der Waals surface area contributed by atoms with E-state index < -0.39 is 33.5 Å². The van der Waals surface area contributed by atoms with Gasteiger partial charge in [-0.25, -0.2) is 4.57 Å². The molecule has 0 unspecified atom stereocenters. The number of hydrogen-bond donors (Lipinski definition) is 6.